The molecule has 1 aliphatic rings. The van der Waals surface area contributed by atoms with Crippen LogP contribution >= 0.6 is 0 Å². The molecule has 7 N–H and O–H groups in total. The lowest BCUT2D eigenvalue weighted by atomic mass is 9.99. The van der Waals surface area contributed by atoms with Crippen molar-refractivity contribution in [1.82, 2.24) is 5.32 Å². The Morgan fingerprint density at radius 1 is 0.769 bits per heavy atom. The molecule has 0 aromatic rings. The van der Waals surface area contributed by atoms with Crippen molar-refractivity contribution in [3.05, 3.63) is 24.3 Å². The normalized spacial score (nSPS) is 23.0. The molecular weight excluding hydrogens is 694 g/mol. The second-order valence-electron chi connectivity index (χ2n) is 14.0. The van der Waals surface area contributed by atoms with Crippen molar-refractivity contribution in [2.75, 3.05) is 13.2 Å². The molecule has 0 aromatic carbocycles. The summed E-state index contributed by atoms with van der Waals surface area (Å²) >= 11 is 0. The summed E-state index contributed by atoms with van der Waals surface area (Å²) in [5.74, 6) is -0.718. The van der Waals surface area contributed by atoms with Crippen molar-refractivity contribution >= 4 is 16.3 Å². The first-order valence-corrected chi connectivity index (χ1v) is 21.2. The van der Waals surface area contributed by atoms with E-state index in [9.17, 15) is 38.7 Å². The molecule has 0 spiro atoms. The molecule has 1 saturated heterocycles. The van der Waals surface area contributed by atoms with E-state index in [1.807, 2.05) is 0 Å². The van der Waals surface area contributed by atoms with Gasteiger partial charge in [-0.2, -0.15) is 8.42 Å². The molecule has 0 bridgehead atoms. The number of hydrogen-bond acceptors (Lipinski definition) is 11. The average molecular weight is 766 g/mol. The monoisotopic (exact) mass is 765 g/mol. The number of carbonyl (C=O) groups excluding carboxylic acids is 1. The molecule has 14 heteroatoms. The number of aliphatic hydroxyl groups excluding tert-OH is 5. The Morgan fingerprint density at radius 2 is 1.29 bits per heavy atom. The van der Waals surface area contributed by atoms with E-state index < -0.39 is 78.5 Å². The highest BCUT2D eigenvalue weighted by Crippen LogP contribution is 2.26. The van der Waals surface area contributed by atoms with Gasteiger partial charge in [-0.05, 0) is 32.1 Å². The van der Waals surface area contributed by atoms with Gasteiger partial charge in [0.1, 0.15) is 30.5 Å². The number of aliphatic hydroxyl groups is 5. The van der Waals surface area contributed by atoms with E-state index in [1.165, 1.54) is 83.1 Å². The fourth-order valence-corrected chi connectivity index (χ4v) is 6.63. The molecule has 0 radical (unpaired) electrons. The molecular formula is C38H71NO12S. The Labute approximate surface area is 313 Å². The second-order valence-corrected chi connectivity index (χ2v) is 15.1. The van der Waals surface area contributed by atoms with E-state index in [1.54, 1.807) is 6.08 Å². The number of rotatable bonds is 32. The fraction of sp³-hybridized carbons (Fsp3) is 0.868. The summed E-state index contributed by atoms with van der Waals surface area (Å²) in [6.45, 7) is 3.12. The van der Waals surface area contributed by atoms with Gasteiger partial charge in [-0.25, -0.2) is 4.18 Å². The van der Waals surface area contributed by atoms with Crippen LogP contribution < -0.4 is 5.32 Å². The Hall–Kier alpha value is -1.46. The van der Waals surface area contributed by atoms with Crippen LogP contribution in [-0.4, -0.2) is 107 Å². The number of allylic oxidation sites excluding steroid dienone is 3. The lowest BCUT2D eigenvalue weighted by Gasteiger charge is -2.41. The first-order valence-electron chi connectivity index (χ1n) is 19.8. The average Bonchev–Trinajstić information content (AvgIpc) is 3.11. The zero-order chi connectivity index (χ0) is 38.6. The molecule has 1 fully saturated rings. The first kappa shape index (κ1) is 48.6. The van der Waals surface area contributed by atoms with E-state index in [2.05, 4.69) is 35.5 Å². The summed E-state index contributed by atoms with van der Waals surface area (Å²) < 4.78 is 47.2. The van der Waals surface area contributed by atoms with Crippen molar-refractivity contribution in [1.29, 1.82) is 0 Å². The summed E-state index contributed by atoms with van der Waals surface area (Å²) in [4.78, 5) is 13.0. The molecule has 0 aliphatic carbocycles. The van der Waals surface area contributed by atoms with Crippen LogP contribution in [0.15, 0.2) is 24.3 Å². The van der Waals surface area contributed by atoms with Gasteiger partial charge in [-0.1, -0.05) is 141 Å². The molecule has 0 aromatic heterocycles. The SMILES string of the molecule is CCCCCCCCCCC/C=C/CC/C=C/C(O)C(COC1OC(CO)C(O)C(OS(=O)(=O)O)C1O)NC(=O)C(O)CCCCCCCCCC. The molecule has 52 heavy (non-hydrogen) atoms. The van der Waals surface area contributed by atoms with Crippen LogP contribution in [0.3, 0.4) is 0 Å². The molecule has 13 nitrogen and oxygen atoms in total. The van der Waals surface area contributed by atoms with Gasteiger partial charge in [0.2, 0.25) is 5.91 Å². The summed E-state index contributed by atoms with van der Waals surface area (Å²) in [7, 11) is -5.11. The van der Waals surface area contributed by atoms with Crippen LogP contribution in [0.1, 0.15) is 149 Å². The van der Waals surface area contributed by atoms with Crippen molar-refractivity contribution in [3.63, 3.8) is 0 Å². The van der Waals surface area contributed by atoms with Crippen molar-refractivity contribution in [3.8, 4) is 0 Å². The topological polar surface area (TPSA) is 212 Å². The maximum absolute atomic E-state index is 13.0. The van der Waals surface area contributed by atoms with Crippen LogP contribution in [0.4, 0.5) is 0 Å². The standard InChI is InChI=1S/C38H71NO12S/c1-3-5-7-9-11-13-14-15-16-17-18-19-21-22-24-26-31(41)30(39-37(45)32(42)27-25-23-20-12-10-8-6-4-2)29-49-38-35(44)36(51-52(46,47)48)34(43)33(28-40)50-38/h18-19,24,26,30-36,38,40-44H,3-17,20-23,25,27-29H2,1-2H3,(H,39,45)(H,46,47,48)/b19-18+,26-24+. The minimum absolute atomic E-state index is 0.237. The largest absolute Gasteiger partial charge is 0.397 e. The van der Waals surface area contributed by atoms with Gasteiger partial charge in [0.05, 0.1) is 25.4 Å². The molecule has 8 unspecified atom stereocenters. The van der Waals surface area contributed by atoms with Gasteiger partial charge in [0.25, 0.3) is 0 Å². The third-order valence-electron chi connectivity index (χ3n) is 9.34. The van der Waals surface area contributed by atoms with E-state index in [-0.39, 0.29) is 6.42 Å². The second kappa shape index (κ2) is 29.8. The molecule has 1 aliphatic heterocycles. The van der Waals surface area contributed by atoms with Gasteiger partial charge in [0, 0.05) is 0 Å². The lowest BCUT2D eigenvalue weighted by Crippen LogP contribution is -2.61. The lowest BCUT2D eigenvalue weighted by molar-refractivity contribution is -0.298. The predicted molar refractivity (Wildman–Crippen MR) is 201 cm³/mol. The van der Waals surface area contributed by atoms with Crippen molar-refractivity contribution in [2.45, 2.75) is 198 Å². The summed E-state index contributed by atoms with van der Waals surface area (Å²) in [5.41, 5.74) is 0. The highest BCUT2D eigenvalue weighted by molar-refractivity contribution is 7.80. The van der Waals surface area contributed by atoms with E-state index in [0.717, 1.165) is 38.5 Å². The maximum Gasteiger partial charge on any atom is 0.397 e. The molecule has 1 amide bonds. The number of ether oxygens (including phenoxy) is 2. The first-order chi connectivity index (χ1) is 24.9. The third-order valence-corrected chi connectivity index (χ3v) is 9.81. The number of carbonyl (C=O) groups is 1. The zero-order valence-corrected chi connectivity index (χ0v) is 32.5. The van der Waals surface area contributed by atoms with E-state index in [4.69, 9.17) is 14.0 Å². The zero-order valence-electron chi connectivity index (χ0n) is 31.7. The van der Waals surface area contributed by atoms with Crippen LogP contribution in [0, 0.1) is 0 Å². The Kier molecular flexibility index (Phi) is 27.9. The van der Waals surface area contributed by atoms with Gasteiger partial charge in [-0.15, -0.1) is 0 Å². The predicted octanol–water partition coefficient (Wildman–Crippen LogP) is 5.18. The summed E-state index contributed by atoms with van der Waals surface area (Å²) in [6.07, 6.45) is 18.7. The number of nitrogens with one attached hydrogen (secondary N) is 1. The highest BCUT2D eigenvalue weighted by Gasteiger charge is 2.48. The number of unbranched alkanes of at least 4 members (excludes halogenated alkanes) is 17. The Morgan fingerprint density at radius 3 is 1.85 bits per heavy atom. The van der Waals surface area contributed by atoms with Crippen LogP contribution in [0.25, 0.3) is 0 Å². The van der Waals surface area contributed by atoms with Crippen LogP contribution in [0.2, 0.25) is 0 Å². The van der Waals surface area contributed by atoms with Gasteiger partial charge in [0.15, 0.2) is 6.29 Å². The summed E-state index contributed by atoms with van der Waals surface area (Å²) in [6, 6.07) is -1.13. The Balaban J connectivity index is 2.72. The highest BCUT2D eigenvalue weighted by atomic mass is 32.3. The Bertz CT molecular complexity index is 1060. The van der Waals surface area contributed by atoms with E-state index in [0.29, 0.717) is 12.8 Å². The molecule has 306 valence electrons. The van der Waals surface area contributed by atoms with Gasteiger partial charge in [-0.3, -0.25) is 9.35 Å². The molecule has 1 rings (SSSR count). The van der Waals surface area contributed by atoms with E-state index >= 15 is 0 Å². The molecule has 0 saturated carbocycles. The molecule has 8 atom stereocenters. The third kappa shape index (κ3) is 22.7. The van der Waals surface area contributed by atoms with Crippen molar-refractivity contribution in [2.24, 2.45) is 0 Å². The fourth-order valence-electron chi connectivity index (χ4n) is 6.12. The number of hydrogen-bond donors (Lipinski definition) is 7. The minimum Gasteiger partial charge on any atom is -0.394 e. The smallest absolute Gasteiger partial charge is 0.394 e. The maximum atomic E-state index is 13.0. The number of amides is 1. The van der Waals surface area contributed by atoms with Crippen LogP contribution in [-0.2, 0) is 28.9 Å². The quantitative estimate of drug-likeness (QED) is 0.0268. The van der Waals surface area contributed by atoms with Crippen LogP contribution in [0.5, 0.6) is 0 Å². The van der Waals surface area contributed by atoms with Gasteiger partial charge >= 0.3 is 10.4 Å². The minimum atomic E-state index is -5.11. The van der Waals surface area contributed by atoms with Crippen molar-refractivity contribution < 1.29 is 57.0 Å². The summed E-state index contributed by atoms with van der Waals surface area (Å²) in [5, 5.41) is 54.7. The molecule has 1 heterocycles. The van der Waals surface area contributed by atoms with Gasteiger partial charge < -0.3 is 40.3 Å².